The number of aryl methyl sites for hydroxylation is 3. The highest BCUT2D eigenvalue weighted by molar-refractivity contribution is 14.0. The molecule has 0 aliphatic heterocycles. The first-order valence-electron chi connectivity index (χ1n) is 8.07. The maximum atomic E-state index is 5.55. The van der Waals surface area contributed by atoms with E-state index in [0.29, 0.717) is 12.4 Å². The van der Waals surface area contributed by atoms with Crippen LogP contribution in [0.5, 0.6) is 0 Å². The van der Waals surface area contributed by atoms with Gasteiger partial charge < -0.3 is 15.1 Å². The van der Waals surface area contributed by atoms with Gasteiger partial charge in [-0.1, -0.05) is 31.2 Å². The van der Waals surface area contributed by atoms with E-state index < -0.39 is 0 Å². The van der Waals surface area contributed by atoms with Crippen molar-refractivity contribution >= 4 is 29.9 Å². The van der Waals surface area contributed by atoms with E-state index in [4.69, 9.17) is 4.42 Å². The number of hydrogen-bond acceptors (Lipinski definition) is 3. The Bertz CT molecular complexity index is 630. The summed E-state index contributed by atoms with van der Waals surface area (Å²) in [5.41, 5.74) is 3.63. The summed E-state index contributed by atoms with van der Waals surface area (Å²) in [7, 11) is 1.76. The number of aromatic nitrogens is 1. The van der Waals surface area contributed by atoms with Crippen LogP contribution in [0, 0.1) is 13.8 Å². The highest BCUT2D eigenvalue weighted by Crippen LogP contribution is 2.07. The van der Waals surface area contributed by atoms with Crippen LogP contribution >= 0.6 is 24.0 Å². The number of oxazole rings is 1. The Morgan fingerprint density at radius 2 is 1.79 bits per heavy atom. The minimum atomic E-state index is 0. The molecule has 6 heteroatoms. The van der Waals surface area contributed by atoms with Crippen molar-refractivity contribution in [3.63, 3.8) is 0 Å². The lowest BCUT2D eigenvalue weighted by Crippen LogP contribution is -2.37. The number of benzene rings is 1. The quantitative estimate of drug-likeness (QED) is 0.409. The van der Waals surface area contributed by atoms with Gasteiger partial charge in [0.2, 0.25) is 5.89 Å². The van der Waals surface area contributed by atoms with Gasteiger partial charge in [0.15, 0.2) is 5.96 Å². The zero-order valence-electron chi connectivity index (χ0n) is 14.8. The molecule has 0 saturated heterocycles. The van der Waals surface area contributed by atoms with Gasteiger partial charge in [-0.15, -0.1) is 24.0 Å². The Balaban J connectivity index is 0.00000288. The second kappa shape index (κ2) is 10.3. The number of nitrogens with one attached hydrogen (secondary N) is 2. The molecule has 0 radical (unpaired) electrons. The fourth-order valence-electron chi connectivity index (χ4n) is 2.26. The third-order valence-electron chi connectivity index (χ3n) is 3.84. The smallest absolute Gasteiger partial charge is 0.214 e. The molecule has 0 saturated carbocycles. The largest absolute Gasteiger partial charge is 0.444 e. The molecule has 0 atom stereocenters. The van der Waals surface area contributed by atoms with Crippen molar-refractivity contribution in [2.45, 2.75) is 40.2 Å². The second-order valence-corrected chi connectivity index (χ2v) is 5.52. The molecule has 5 nitrogen and oxygen atoms in total. The van der Waals surface area contributed by atoms with Crippen molar-refractivity contribution in [1.29, 1.82) is 0 Å². The zero-order valence-corrected chi connectivity index (χ0v) is 17.2. The third kappa shape index (κ3) is 6.14. The molecule has 132 valence electrons. The molecule has 0 fully saturated rings. The summed E-state index contributed by atoms with van der Waals surface area (Å²) in [6.45, 7) is 7.39. The molecule has 2 rings (SSSR count). The lowest BCUT2D eigenvalue weighted by molar-refractivity contribution is 0.464. The van der Waals surface area contributed by atoms with Crippen molar-refractivity contribution in [2.75, 3.05) is 13.6 Å². The summed E-state index contributed by atoms with van der Waals surface area (Å²) in [5, 5.41) is 6.52. The SMILES string of the molecule is CCc1ccc(CCNC(=NC)NCc2nc(C)c(C)o2)cc1.I. The lowest BCUT2D eigenvalue weighted by Gasteiger charge is -2.10. The van der Waals surface area contributed by atoms with Gasteiger partial charge in [0, 0.05) is 13.6 Å². The monoisotopic (exact) mass is 442 g/mol. The van der Waals surface area contributed by atoms with Crippen LogP contribution in [0.25, 0.3) is 0 Å². The molecule has 2 aromatic rings. The Hall–Kier alpha value is -1.57. The topological polar surface area (TPSA) is 62.5 Å². The van der Waals surface area contributed by atoms with Gasteiger partial charge in [-0.05, 0) is 37.8 Å². The van der Waals surface area contributed by atoms with Gasteiger partial charge in [-0.3, -0.25) is 4.99 Å². The van der Waals surface area contributed by atoms with Gasteiger partial charge in [0.25, 0.3) is 0 Å². The van der Waals surface area contributed by atoms with E-state index in [-0.39, 0.29) is 24.0 Å². The first-order valence-corrected chi connectivity index (χ1v) is 8.07. The van der Waals surface area contributed by atoms with E-state index in [1.807, 2.05) is 13.8 Å². The predicted octanol–water partition coefficient (Wildman–Crippen LogP) is 3.38. The van der Waals surface area contributed by atoms with E-state index in [9.17, 15) is 0 Å². The van der Waals surface area contributed by atoms with Gasteiger partial charge in [-0.2, -0.15) is 0 Å². The fraction of sp³-hybridized carbons (Fsp3) is 0.444. The predicted molar refractivity (Wildman–Crippen MR) is 109 cm³/mol. The van der Waals surface area contributed by atoms with Gasteiger partial charge in [0.05, 0.1) is 12.2 Å². The van der Waals surface area contributed by atoms with Crippen molar-refractivity contribution in [2.24, 2.45) is 4.99 Å². The molecule has 0 unspecified atom stereocenters. The highest BCUT2D eigenvalue weighted by atomic mass is 127. The van der Waals surface area contributed by atoms with E-state index in [1.54, 1.807) is 7.05 Å². The number of halogens is 1. The maximum Gasteiger partial charge on any atom is 0.214 e. The van der Waals surface area contributed by atoms with E-state index in [1.165, 1.54) is 11.1 Å². The van der Waals surface area contributed by atoms with Crippen LogP contribution in [0.4, 0.5) is 0 Å². The number of hydrogen-bond donors (Lipinski definition) is 2. The van der Waals surface area contributed by atoms with Crippen molar-refractivity contribution in [3.8, 4) is 0 Å². The molecule has 24 heavy (non-hydrogen) atoms. The first-order chi connectivity index (χ1) is 11.1. The van der Waals surface area contributed by atoms with Crippen LogP contribution in [0.1, 0.15) is 35.4 Å². The third-order valence-corrected chi connectivity index (χ3v) is 3.84. The molecule has 0 amide bonds. The molecule has 2 N–H and O–H groups in total. The van der Waals surface area contributed by atoms with Crippen molar-refractivity contribution in [3.05, 3.63) is 52.7 Å². The fourth-order valence-corrected chi connectivity index (χ4v) is 2.26. The molecule has 1 aromatic heterocycles. The van der Waals surface area contributed by atoms with Crippen LogP contribution in [0.15, 0.2) is 33.7 Å². The molecule has 0 bridgehead atoms. The molecular weight excluding hydrogens is 415 g/mol. The summed E-state index contributed by atoms with van der Waals surface area (Å²) in [5.74, 6) is 2.29. The van der Waals surface area contributed by atoms with Crippen LogP contribution in [0.3, 0.4) is 0 Å². The molecular formula is C18H27IN4O. The van der Waals surface area contributed by atoms with Gasteiger partial charge in [0.1, 0.15) is 5.76 Å². The summed E-state index contributed by atoms with van der Waals surface area (Å²) in [6, 6.07) is 8.76. The molecule has 0 aliphatic rings. The Kier molecular flexibility index (Phi) is 8.81. The first kappa shape index (κ1) is 20.5. The van der Waals surface area contributed by atoms with Gasteiger partial charge in [-0.25, -0.2) is 4.98 Å². The summed E-state index contributed by atoms with van der Waals surface area (Å²) < 4.78 is 5.55. The number of nitrogens with zero attached hydrogens (tertiary/aromatic N) is 2. The number of rotatable bonds is 6. The average Bonchev–Trinajstić information content (AvgIpc) is 2.89. The van der Waals surface area contributed by atoms with Crippen molar-refractivity contribution in [1.82, 2.24) is 15.6 Å². The minimum absolute atomic E-state index is 0. The molecule has 0 aliphatic carbocycles. The van der Waals surface area contributed by atoms with Crippen LogP contribution in [0.2, 0.25) is 0 Å². The Labute approximate surface area is 161 Å². The van der Waals surface area contributed by atoms with Gasteiger partial charge >= 0.3 is 0 Å². The summed E-state index contributed by atoms with van der Waals surface area (Å²) in [4.78, 5) is 8.56. The van der Waals surface area contributed by atoms with Crippen LogP contribution in [-0.4, -0.2) is 24.5 Å². The minimum Gasteiger partial charge on any atom is -0.444 e. The summed E-state index contributed by atoms with van der Waals surface area (Å²) in [6.07, 6.45) is 2.04. The van der Waals surface area contributed by atoms with Crippen LogP contribution in [-0.2, 0) is 19.4 Å². The second-order valence-electron chi connectivity index (χ2n) is 5.52. The van der Waals surface area contributed by atoms with Crippen LogP contribution < -0.4 is 10.6 Å². The molecule has 0 spiro atoms. The van der Waals surface area contributed by atoms with E-state index in [2.05, 4.69) is 51.8 Å². The number of guanidine groups is 1. The maximum absolute atomic E-state index is 5.55. The highest BCUT2D eigenvalue weighted by Gasteiger charge is 2.06. The van der Waals surface area contributed by atoms with E-state index in [0.717, 1.165) is 36.8 Å². The lowest BCUT2D eigenvalue weighted by atomic mass is 10.1. The average molecular weight is 442 g/mol. The van der Waals surface area contributed by atoms with E-state index >= 15 is 0 Å². The van der Waals surface area contributed by atoms with Crippen molar-refractivity contribution < 1.29 is 4.42 Å². The molecule has 1 heterocycles. The summed E-state index contributed by atoms with van der Waals surface area (Å²) >= 11 is 0. The number of aliphatic imine (C=N–C) groups is 1. The normalized spacial score (nSPS) is 11.1. The Morgan fingerprint density at radius 3 is 2.33 bits per heavy atom. The zero-order chi connectivity index (χ0) is 16.7. The standard InChI is InChI=1S/C18H26N4O.HI/c1-5-15-6-8-16(9-7-15)10-11-20-18(19-4)21-12-17-22-13(2)14(3)23-17;/h6-9H,5,10-12H2,1-4H3,(H2,19,20,21);1H. The molecule has 1 aromatic carbocycles. The Morgan fingerprint density at radius 1 is 1.12 bits per heavy atom.